The number of hydrogen-bond acceptors (Lipinski definition) is 7. The Labute approximate surface area is 215 Å². The molecule has 0 bridgehead atoms. The molecule has 2 fully saturated rings. The molecule has 2 atom stereocenters. The van der Waals surface area contributed by atoms with Gasteiger partial charge in [-0.3, -0.25) is 9.69 Å². The molecule has 2 aliphatic heterocycles. The number of sulfonamides is 1. The summed E-state index contributed by atoms with van der Waals surface area (Å²) in [5.41, 5.74) is 2.73. The predicted molar refractivity (Wildman–Crippen MR) is 140 cm³/mol. The van der Waals surface area contributed by atoms with Gasteiger partial charge in [-0.15, -0.1) is 0 Å². The van der Waals surface area contributed by atoms with Crippen molar-refractivity contribution in [2.24, 2.45) is 0 Å². The van der Waals surface area contributed by atoms with Crippen LogP contribution in [0, 0.1) is 13.8 Å². The predicted octanol–water partition coefficient (Wildman–Crippen LogP) is 4.29. The SMILES string of the molecule is COc1ccc(C)c2sc(N(CC3CCCO3)C(=O)C3CCCN3S(=O)(=O)c3ccc(C)cc3)nc12. The molecule has 0 saturated carbocycles. The molecule has 1 amide bonds. The van der Waals surface area contributed by atoms with E-state index < -0.39 is 16.1 Å². The van der Waals surface area contributed by atoms with Gasteiger partial charge in [-0.25, -0.2) is 13.4 Å². The van der Waals surface area contributed by atoms with E-state index >= 15 is 0 Å². The van der Waals surface area contributed by atoms with Crippen molar-refractivity contribution in [1.82, 2.24) is 9.29 Å². The minimum atomic E-state index is -3.82. The third-order valence-electron chi connectivity index (χ3n) is 6.94. The summed E-state index contributed by atoms with van der Waals surface area (Å²) in [5.74, 6) is 0.390. The minimum Gasteiger partial charge on any atom is -0.494 e. The standard InChI is InChI=1S/C26H31N3O5S2/c1-17-8-11-20(12-9-17)36(31,32)29-14-4-7-21(29)25(30)28(16-19-6-5-15-34-19)26-27-23-22(33-3)13-10-18(2)24(23)35-26/h8-13,19,21H,4-7,14-16H2,1-3H3. The van der Waals surface area contributed by atoms with Crippen LogP contribution < -0.4 is 9.64 Å². The molecule has 3 aromatic rings. The summed E-state index contributed by atoms with van der Waals surface area (Å²) in [6.45, 7) is 5.23. The monoisotopic (exact) mass is 529 g/mol. The van der Waals surface area contributed by atoms with Gasteiger partial charge in [-0.1, -0.05) is 35.1 Å². The van der Waals surface area contributed by atoms with Crippen LogP contribution in [0.25, 0.3) is 10.2 Å². The van der Waals surface area contributed by atoms with Gasteiger partial charge in [0, 0.05) is 13.2 Å². The number of methoxy groups -OCH3 is 1. The van der Waals surface area contributed by atoms with Crippen LogP contribution in [0.5, 0.6) is 5.75 Å². The lowest BCUT2D eigenvalue weighted by atomic mass is 10.2. The summed E-state index contributed by atoms with van der Waals surface area (Å²) in [6.07, 6.45) is 2.79. The number of carbonyl (C=O) groups excluding carboxylic acids is 1. The van der Waals surface area contributed by atoms with Crippen molar-refractivity contribution in [1.29, 1.82) is 0 Å². The normalized spacial score (nSPS) is 20.8. The summed E-state index contributed by atoms with van der Waals surface area (Å²) >= 11 is 1.43. The number of aromatic nitrogens is 1. The molecule has 1 aromatic heterocycles. The molecule has 2 saturated heterocycles. The zero-order valence-electron chi connectivity index (χ0n) is 20.8. The highest BCUT2D eigenvalue weighted by atomic mass is 32.2. The number of amides is 1. The molecule has 5 rings (SSSR count). The molecular formula is C26H31N3O5S2. The zero-order chi connectivity index (χ0) is 25.4. The first-order valence-electron chi connectivity index (χ1n) is 12.2. The fourth-order valence-corrected chi connectivity index (χ4v) is 7.65. The van der Waals surface area contributed by atoms with Crippen LogP contribution >= 0.6 is 11.3 Å². The lowest BCUT2D eigenvalue weighted by molar-refractivity contribution is -0.122. The summed E-state index contributed by atoms with van der Waals surface area (Å²) in [4.78, 5) is 20.8. The smallest absolute Gasteiger partial charge is 0.247 e. The second kappa shape index (κ2) is 10.1. The molecule has 2 aliphatic rings. The van der Waals surface area contributed by atoms with E-state index in [0.717, 1.165) is 28.7 Å². The van der Waals surface area contributed by atoms with Gasteiger partial charge >= 0.3 is 0 Å². The van der Waals surface area contributed by atoms with E-state index in [9.17, 15) is 13.2 Å². The van der Waals surface area contributed by atoms with Crippen LogP contribution in [-0.4, -0.2) is 62.6 Å². The Balaban J connectivity index is 1.52. The fourth-order valence-electron chi connectivity index (χ4n) is 4.93. The molecule has 0 spiro atoms. The van der Waals surface area contributed by atoms with E-state index in [0.29, 0.717) is 48.9 Å². The number of anilines is 1. The maximum Gasteiger partial charge on any atom is 0.247 e. The van der Waals surface area contributed by atoms with Gasteiger partial charge in [0.05, 0.1) is 29.4 Å². The summed E-state index contributed by atoms with van der Waals surface area (Å²) in [6, 6.07) is 9.84. The third-order valence-corrected chi connectivity index (χ3v) is 10.1. The highest BCUT2D eigenvalue weighted by Crippen LogP contribution is 2.38. The number of benzene rings is 2. The molecule has 8 nitrogen and oxygen atoms in total. The largest absolute Gasteiger partial charge is 0.494 e. The molecule has 36 heavy (non-hydrogen) atoms. The zero-order valence-corrected chi connectivity index (χ0v) is 22.4. The summed E-state index contributed by atoms with van der Waals surface area (Å²) in [5, 5.41) is 0.540. The summed E-state index contributed by atoms with van der Waals surface area (Å²) in [7, 11) is -2.22. The van der Waals surface area contributed by atoms with Crippen molar-refractivity contribution in [3.8, 4) is 5.75 Å². The molecule has 10 heteroatoms. The van der Waals surface area contributed by atoms with Crippen LogP contribution in [0.1, 0.15) is 36.8 Å². The number of nitrogens with zero attached hydrogens (tertiary/aromatic N) is 3. The second-order valence-corrected chi connectivity index (χ2v) is 12.3. The van der Waals surface area contributed by atoms with Crippen molar-refractivity contribution in [2.75, 3.05) is 31.7 Å². The van der Waals surface area contributed by atoms with Crippen molar-refractivity contribution >= 4 is 42.6 Å². The average molecular weight is 530 g/mol. The van der Waals surface area contributed by atoms with Gasteiger partial charge in [0.2, 0.25) is 15.9 Å². The third kappa shape index (κ3) is 4.63. The van der Waals surface area contributed by atoms with Gasteiger partial charge in [0.25, 0.3) is 0 Å². The molecule has 2 unspecified atom stereocenters. The molecule has 0 N–H and O–H groups in total. The number of aryl methyl sites for hydroxylation is 2. The second-order valence-electron chi connectivity index (χ2n) is 9.43. The number of thiazole rings is 1. The molecule has 3 heterocycles. The molecule has 0 aliphatic carbocycles. The van der Waals surface area contributed by atoms with E-state index in [1.54, 1.807) is 36.3 Å². The Morgan fingerprint density at radius 1 is 1.17 bits per heavy atom. The lowest BCUT2D eigenvalue weighted by Crippen LogP contribution is -2.49. The number of ether oxygens (including phenoxy) is 2. The molecule has 0 radical (unpaired) electrons. The number of hydrogen-bond donors (Lipinski definition) is 0. The first-order valence-corrected chi connectivity index (χ1v) is 14.5. The van der Waals surface area contributed by atoms with Crippen LogP contribution in [0.4, 0.5) is 5.13 Å². The Hall–Kier alpha value is -2.53. The van der Waals surface area contributed by atoms with E-state index in [1.165, 1.54) is 15.6 Å². The Morgan fingerprint density at radius 2 is 1.94 bits per heavy atom. The molecule has 192 valence electrons. The van der Waals surface area contributed by atoms with Crippen molar-refractivity contribution in [2.45, 2.75) is 56.6 Å². The van der Waals surface area contributed by atoms with Crippen LogP contribution in [0.3, 0.4) is 0 Å². The minimum absolute atomic E-state index is 0.104. The topological polar surface area (TPSA) is 89.0 Å². The van der Waals surface area contributed by atoms with Crippen LogP contribution in [-0.2, 0) is 19.6 Å². The van der Waals surface area contributed by atoms with E-state index in [4.69, 9.17) is 14.5 Å². The quantitative estimate of drug-likeness (QED) is 0.454. The fraction of sp³-hybridized carbons (Fsp3) is 0.462. The van der Waals surface area contributed by atoms with Crippen LogP contribution in [0.2, 0.25) is 0 Å². The number of rotatable bonds is 7. The highest BCUT2D eigenvalue weighted by molar-refractivity contribution is 7.89. The maximum atomic E-state index is 14.1. The van der Waals surface area contributed by atoms with Crippen molar-refractivity contribution in [3.05, 3.63) is 47.5 Å². The Bertz CT molecular complexity index is 1360. The van der Waals surface area contributed by atoms with E-state index in [2.05, 4.69) is 0 Å². The highest BCUT2D eigenvalue weighted by Gasteiger charge is 2.42. The van der Waals surface area contributed by atoms with Crippen LogP contribution in [0.15, 0.2) is 41.3 Å². The lowest BCUT2D eigenvalue weighted by Gasteiger charge is -2.29. The van der Waals surface area contributed by atoms with Gasteiger partial charge in [-0.2, -0.15) is 4.31 Å². The van der Waals surface area contributed by atoms with E-state index in [1.807, 2.05) is 26.0 Å². The Kier molecular flexibility index (Phi) is 7.04. The Morgan fingerprint density at radius 3 is 2.64 bits per heavy atom. The average Bonchev–Trinajstić information content (AvgIpc) is 3.64. The first kappa shape index (κ1) is 25.1. The molecular weight excluding hydrogens is 498 g/mol. The molecule has 2 aromatic carbocycles. The first-order chi connectivity index (χ1) is 17.3. The van der Waals surface area contributed by atoms with E-state index in [-0.39, 0.29) is 16.9 Å². The van der Waals surface area contributed by atoms with Crippen molar-refractivity contribution < 1.29 is 22.7 Å². The van der Waals surface area contributed by atoms with Gasteiger partial charge in [0.1, 0.15) is 17.3 Å². The number of fused-ring (bicyclic) bond motifs is 1. The van der Waals surface area contributed by atoms with Gasteiger partial charge < -0.3 is 9.47 Å². The van der Waals surface area contributed by atoms with Crippen molar-refractivity contribution in [3.63, 3.8) is 0 Å². The number of carbonyl (C=O) groups is 1. The summed E-state index contributed by atoms with van der Waals surface area (Å²) < 4.78 is 40.8. The van der Waals surface area contributed by atoms with Gasteiger partial charge in [0.15, 0.2) is 5.13 Å². The van der Waals surface area contributed by atoms with Gasteiger partial charge in [-0.05, 0) is 63.3 Å². The maximum absolute atomic E-state index is 14.1.